The van der Waals surface area contributed by atoms with Crippen LogP contribution < -0.4 is 0 Å². The van der Waals surface area contributed by atoms with E-state index in [1.54, 1.807) is 12.1 Å². The fourth-order valence-electron chi connectivity index (χ4n) is 1.07. The lowest BCUT2D eigenvalue weighted by molar-refractivity contribution is -0.107. The Morgan fingerprint density at radius 3 is 2.40 bits per heavy atom. The molecule has 0 saturated carbocycles. The van der Waals surface area contributed by atoms with Gasteiger partial charge in [0.25, 0.3) is 0 Å². The van der Waals surface area contributed by atoms with Gasteiger partial charge in [-0.2, -0.15) is 0 Å². The summed E-state index contributed by atoms with van der Waals surface area (Å²) in [4.78, 5) is 12.4. The molecule has 0 spiro atoms. The number of ether oxygens (including phenoxy) is 2. The molecule has 0 amide bonds. The van der Waals surface area contributed by atoms with Crippen LogP contribution in [0, 0.1) is 0 Å². The van der Waals surface area contributed by atoms with Crippen molar-refractivity contribution in [3.63, 3.8) is 0 Å². The minimum Gasteiger partial charge on any atom is -0.346 e. The van der Waals surface area contributed by atoms with E-state index in [-0.39, 0.29) is 5.78 Å². The Balaban J connectivity index is 2.71. The summed E-state index contributed by atoms with van der Waals surface area (Å²) >= 11 is 6.98. The molecule has 15 heavy (non-hydrogen) atoms. The van der Waals surface area contributed by atoms with Gasteiger partial charge < -0.3 is 9.47 Å². The maximum absolute atomic E-state index is 11.8. The van der Waals surface area contributed by atoms with Crippen molar-refractivity contribution in [2.45, 2.75) is 20.1 Å². The summed E-state index contributed by atoms with van der Waals surface area (Å²) in [5, 5.41) is 0. The maximum Gasteiger partial charge on any atom is 0.228 e. The number of hydrogen-bond donors (Lipinski definition) is 0. The molecular weight excluding hydrogens is 236 g/mol. The van der Waals surface area contributed by atoms with E-state index in [1.165, 1.54) is 11.3 Å². The molecule has 1 heterocycles. The molecular formula is C10H13ClO3S. The van der Waals surface area contributed by atoms with Gasteiger partial charge in [-0.1, -0.05) is 11.6 Å². The molecule has 1 aromatic heterocycles. The summed E-state index contributed by atoms with van der Waals surface area (Å²) in [7, 11) is 0. The van der Waals surface area contributed by atoms with Gasteiger partial charge >= 0.3 is 0 Å². The maximum atomic E-state index is 11.8. The van der Waals surface area contributed by atoms with Crippen LogP contribution in [-0.2, 0) is 9.47 Å². The van der Waals surface area contributed by atoms with Crippen molar-refractivity contribution in [3.8, 4) is 0 Å². The van der Waals surface area contributed by atoms with Gasteiger partial charge in [-0.25, -0.2) is 0 Å². The van der Waals surface area contributed by atoms with Gasteiger partial charge in [-0.15, -0.1) is 11.3 Å². The molecule has 0 saturated heterocycles. The lowest BCUT2D eigenvalue weighted by Gasteiger charge is -2.14. The van der Waals surface area contributed by atoms with E-state index in [9.17, 15) is 4.79 Å². The topological polar surface area (TPSA) is 35.5 Å². The molecule has 0 N–H and O–H groups in total. The molecule has 0 aliphatic rings. The van der Waals surface area contributed by atoms with E-state index in [2.05, 4.69) is 0 Å². The van der Waals surface area contributed by atoms with Crippen molar-refractivity contribution < 1.29 is 14.3 Å². The molecule has 0 aliphatic heterocycles. The Labute approximate surface area is 98.0 Å². The first-order valence-corrected chi connectivity index (χ1v) is 5.91. The Morgan fingerprint density at radius 1 is 1.40 bits per heavy atom. The van der Waals surface area contributed by atoms with E-state index >= 15 is 0 Å². The fraction of sp³-hybridized carbons (Fsp3) is 0.500. The van der Waals surface area contributed by atoms with Crippen LogP contribution >= 0.6 is 22.9 Å². The zero-order valence-corrected chi connectivity index (χ0v) is 10.2. The van der Waals surface area contributed by atoms with Crippen LogP contribution in [0.15, 0.2) is 12.1 Å². The summed E-state index contributed by atoms with van der Waals surface area (Å²) in [5.74, 6) is -0.171. The highest BCUT2D eigenvalue weighted by Crippen LogP contribution is 2.23. The third kappa shape index (κ3) is 3.57. The molecule has 0 radical (unpaired) electrons. The van der Waals surface area contributed by atoms with Crippen LogP contribution in [0.1, 0.15) is 23.5 Å². The standard InChI is InChI=1S/C10H13ClO3S/c1-3-13-10(14-4-2)9(12)7-5-6-8(11)15-7/h5-6,10H,3-4H2,1-2H3. The Hall–Kier alpha value is -0.420. The fourth-order valence-corrected chi connectivity index (χ4v) is 2.06. The highest BCUT2D eigenvalue weighted by atomic mass is 35.5. The first-order chi connectivity index (χ1) is 7.19. The molecule has 0 aliphatic carbocycles. The zero-order chi connectivity index (χ0) is 11.3. The minimum atomic E-state index is -0.810. The van der Waals surface area contributed by atoms with Crippen LogP contribution in [0.5, 0.6) is 0 Å². The van der Waals surface area contributed by atoms with E-state index in [4.69, 9.17) is 21.1 Å². The van der Waals surface area contributed by atoms with Gasteiger partial charge in [0.1, 0.15) is 0 Å². The molecule has 0 atom stereocenters. The molecule has 0 aromatic carbocycles. The summed E-state index contributed by atoms with van der Waals surface area (Å²) in [6.07, 6.45) is -0.810. The van der Waals surface area contributed by atoms with Crippen molar-refractivity contribution in [1.82, 2.24) is 0 Å². The highest BCUT2D eigenvalue weighted by molar-refractivity contribution is 7.18. The van der Waals surface area contributed by atoms with Gasteiger partial charge in [-0.05, 0) is 26.0 Å². The molecule has 3 nitrogen and oxygen atoms in total. The van der Waals surface area contributed by atoms with E-state index in [0.717, 1.165) is 0 Å². The third-order valence-electron chi connectivity index (χ3n) is 1.67. The number of Topliss-reactive ketones (excluding diaryl/α,β-unsaturated/α-hetero) is 1. The first kappa shape index (κ1) is 12.6. The Bertz CT molecular complexity index is 318. The van der Waals surface area contributed by atoms with Gasteiger partial charge in [0.15, 0.2) is 0 Å². The molecule has 84 valence electrons. The number of carbonyl (C=O) groups is 1. The highest BCUT2D eigenvalue weighted by Gasteiger charge is 2.21. The molecule has 0 fully saturated rings. The monoisotopic (exact) mass is 248 g/mol. The SMILES string of the molecule is CCOC(OCC)C(=O)c1ccc(Cl)s1. The summed E-state index contributed by atoms with van der Waals surface area (Å²) < 4.78 is 11.0. The number of hydrogen-bond acceptors (Lipinski definition) is 4. The molecule has 1 aromatic rings. The van der Waals surface area contributed by atoms with Crippen LogP contribution in [0.25, 0.3) is 0 Å². The van der Waals surface area contributed by atoms with Crippen molar-refractivity contribution >= 4 is 28.7 Å². The predicted molar refractivity (Wildman–Crippen MR) is 60.7 cm³/mol. The largest absolute Gasteiger partial charge is 0.346 e. The van der Waals surface area contributed by atoms with E-state index in [1.807, 2.05) is 13.8 Å². The van der Waals surface area contributed by atoms with Gasteiger partial charge in [-0.3, -0.25) is 4.79 Å². The van der Waals surface area contributed by atoms with E-state index < -0.39 is 6.29 Å². The van der Waals surface area contributed by atoms with E-state index in [0.29, 0.717) is 22.4 Å². The number of ketones is 1. The Morgan fingerprint density at radius 2 is 2.00 bits per heavy atom. The molecule has 0 bridgehead atoms. The summed E-state index contributed by atoms with van der Waals surface area (Å²) in [6, 6.07) is 3.37. The number of rotatable bonds is 6. The zero-order valence-electron chi connectivity index (χ0n) is 8.66. The van der Waals surface area contributed by atoms with Crippen LogP contribution in [0.3, 0.4) is 0 Å². The van der Waals surface area contributed by atoms with Crippen LogP contribution in [0.2, 0.25) is 4.34 Å². The normalized spacial score (nSPS) is 10.9. The lowest BCUT2D eigenvalue weighted by atomic mass is 10.3. The summed E-state index contributed by atoms with van der Waals surface area (Å²) in [6.45, 7) is 4.52. The average Bonchev–Trinajstić information content (AvgIpc) is 2.63. The minimum absolute atomic E-state index is 0.171. The van der Waals surface area contributed by atoms with Gasteiger partial charge in [0, 0.05) is 13.2 Å². The quantitative estimate of drug-likeness (QED) is 0.574. The lowest BCUT2D eigenvalue weighted by Crippen LogP contribution is -2.27. The van der Waals surface area contributed by atoms with Gasteiger partial charge in [0.2, 0.25) is 12.1 Å². The van der Waals surface area contributed by atoms with Crippen molar-refractivity contribution in [3.05, 3.63) is 21.3 Å². The molecule has 1 rings (SSSR count). The number of carbonyl (C=O) groups excluding carboxylic acids is 1. The van der Waals surface area contributed by atoms with Crippen molar-refractivity contribution in [2.75, 3.05) is 13.2 Å². The average molecular weight is 249 g/mol. The second-order valence-electron chi connectivity index (χ2n) is 2.71. The first-order valence-electron chi connectivity index (χ1n) is 4.71. The van der Waals surface area contributed by atoms with Crippen molar-refractivity contribution in [1.29, 1.82) is 0 Å². The molecule has 0 unspecified atom stereocenters. The second-order valence-corrected chi connectivity index (χ2v) is 4.43. The smallest absolute Gasteiger partial charge is 0.228 e. The van der Waals surface area contributed by atoms with Gasteiger partial charge in [0.05, 0.1) is 9.21 Å². The third-order valence-corrected chi connectivity index (χ3v) is 2.91. The predicted octanol–water partition coefficient (Wildman–Crippen LogP) is 2.98. The number of thiophene rings is 1. The number of halogens is 1. The van der Waals surface area contributed by atoms with Crippen LogP contribution in [-0.4, -0.2) is 25.3 Å². The summed E-state index contributed by atoms with van der Waals surface area (Å²) in [5.41, 5.74) is 0. The molecule has 5 heteroatoms. The van der Waals surface area contributed by atoms with Crippen molar-refractivity contribution in [2.24, 2.45) is 0 Å². The van der Waals surface area contributed by atoms with Crippen LogP contribution in [0.4, 0.5) is 0 Å². The Kier molecular flexibility index (Phi) is 5.25. The second kappa shape index (κ2) is 6.23.